The summed E-state index contributed by atoms with van der Waals surface area (Å²) in [5.41, 5.74) is 2.62. The number of rotatable bonds is 6. The predicted octanol–water partition coefficient (Wildman–Crippen LogP) is 4.92. The van der Waals surface area contributed by atoms with Gasteiger partial charge in [-0.3, -0.25) is 14.5 Å². The van der Waals surface area contributed by atoms with Crippen molar-refractivity contribution in [3.8, 4) is 11.3 Å². The number of nitrogens with zero attached hydrogens (tertiary/aromatic N) is 1. The molecule has 0 radical (unpaired) electrons. The van der Waals surface area contributed by atoms with Gasteiger partial charge in [-0.15, -0.1) is 0 Å². The summed E-state index contributed by atoms with van der Waals surface area (Å²) in [5, 5.41) is 3.05. The SMILES string of the molecule is O=C(CN(C(=O)c1ccc(-c2ccccc2)[nH]1)c1ccc(F)cc1)NC1CCCCC1. The maximum absolute atomic E-state index is 13.4. The first kappa shape index (κ1) is 20.8. The van der Waals surface area contributed by atoms with Crippen LogP contribution in [-0.4, -0.2) is 29.4 Å². The smallest absolute Gasteiger partial charge is 0.275 e. The summed E-state index contributed by atoms with van der Waals surface area (Å²) in [6.07, 6.45) is 5.34. The van der Waals surface area contributed by atoms with Crippen molar-refractivity contribution in [3.05, 3.63) is 78.2 Å². The molecule has 0 unspecified atom stereocenters. The number of amides is 2. The number of benzene rings is 2. The zero-order valence-electron chi connectivity index (χ0n) is 17.3. The molecule has 1 aromatic heterocycles. The van der Waals surface area contributed by atoms with E-state index in [1.165, 1.54) is 35.6 Å². The van der Waals surface area contributed by atoms with E-state index >= 15 is 0 Å². The molecule has 2 amide bonds. The van der Waals surface area contributed by atoms with Crippen LogP contribution in [0.1, 0.15) is 42.6 Å². The molecule has 0 spiro atoms. The van der Waals surface area contributed by atoms with Crippen LogP contribution in [0.4, 0.5) is 10.1 Å². The van der Waals surface area contributed by atoms with Crippen LogP contribution in [0, 0.1) is 5.82 Å². The number of nitrogens with one attached hydrogen (secondary N) is 2. The zero-order chi connectivity index (χ0) is 21.6. The van der Waals surface area contributed by atoms with Crippen molar-refractivity contribution in [3.63, 3.8) is 0 Å². The number of hydrogen-bond acceptors (Lipinski definition) is 2. The Balaban J connectivity index is 1.55. The quantitative estimate of drug-likeness (QED) is 0.596. The van der Waals surface area contributed by atoms with E-state index in [9.17, 15) is 14.0 Å². The topological polar surface area (TPSA) is 65.2 Å². The number of carbonyl (C=O) groups is 2. The Labute approximate surface area is 181 Å². The fourth-order valence-corrected chi connectivity index (χ4v) is 4.02. The summed E-state index contributed by atoms with van der Waals surface area (Å²) in [7, 11) is 0. The van der Waals surface area contributed by atoms with Crippen molar-refractivity contribution in [2.45, 2.75) is 38.1 Å². The number of aromatic nitrogens is 1. The van der Waals surface area contributed by atoms with E-state index < -0.39 is 5.82 Å². The van der Waals surface area contributed by atoms with Crippen LogP contribution in [0.25, 0.3) is 11.3 Å². The third-order valence-electron chi connectivity index (χ3n) is 5.66. The fraction of sp³-hybridized carbons (Fsp3) is 0.280. The maximum atomic E-state index is 13.4. The van der Waals surface area contributed by atoms with Crippen molar-refractivity contribution in [2.75, 3.05) is 11.4 Å². The van der Waals surface area contributed by atoms with Crippen molar-refractivity contribution in [1.29, 1.82) is 0 Å². The van der Waals surface area contributed by atoms with Gasteiger partial charge in [-0.2, -0.15) is 0 Å². The van der Waals surface area contributed by atoms with E-state index in [2.05, 4.69) is 10.3 Å². The van der Waals surface area contributed by atoms with Crippen LogP contribution < -0.4 is 10.2 Å². The Hall–Kier alpha value is -3.41. The molecule has 160 valence electrons. The van der Waals surface area contributed by atoms with E-state index in [1.807, 2.05) is 36.4 Å². The Bertz CT molecular complexity index is 1020. The van der Waals surface area contributed by atoms with Gasteiger partial charge in [0.15, 0.2) is 0 Å². The van der Waals surface area contributed by atoms with Gasteiger partial charge < -0.3 is 10.3 Å². The molecule has 0 saturated heterocycles. The second-order valence-corrected chi connectivity index (χ2v) is 7.92. The van der Waals surface area contributed by atoms with Crippen LogP contribution in [0.3, 0.4) is 0 Å². The van der Waals surface area contributed by atoms with Crippen LogP contribution in [0.2, 0.25) is 0 Å². The second-order valence-electron chi connectivity index (χ2n) is 7.92. The molecule has 6 heteroatoms. The van der Waals surface area contributed by atoms with E-state index in [-0.39, 0.29) is 24.4 Å². The Morgan fingerprint density at radius 2 is 1.65 bits per heavy atom. The van der Waals surface area contributed by atoms with Gasteiger partial charge in [-0.05, 0) is 54.8 Å². The molecular weight excluding hydrogens is 393 g/mol. The summed E-state index contributed by atoms with van der Waals surface area (Å²) in [4.78, 5) is 30.6. The highest BCUT2D eigenvalue weighted by Crippen LogP contribution is 2.22. The first-order valence-electron chi connectivity index (χ1n) is 10.7. The molecule has 1 heterocycles. The van der Waals surface area contributed by atoms with Crippen molar-refractivity contribution < 1.29 is 14.0 Å². The first-order valence-corrected chi connectivity index (χ1v) is 10.7. The highest BCUT2D eigenvalue weighted by Gasteiger charge is 2.24. The summed E-state index contributed by atoms with van der Waals surface area (Å²) < 4.78 is 13.4. The molecular formula is C25H26FN3O2. The number of hydrogen-bond donors (Lipinski definition) is 2. The maximum Gasteiger partial charge on any atom is 0.275 e. The molecule has 1 saturated carbocycles. The second kappa shape index (κ2) is 9.60. The fourth-order valence-electron chi connectivity index (χ4n) is 4.02. The lowest BCUT2D eigenvalue weighted by molar-refractivity contribution is -0.120. The monoisotopic (exact) mass is 419 g/mol. The average Bonchev–Trinajstić information content (AvgIpc) is 3.29. The molecule has 1 fully saturated rings. The van der Waals surface area contributed by atoms with Crippen molar-refractivity contribution in [2.24, 2.45) is 0 Å². The van der Waals surface area contributed by atoms with Gasteiger partial charge in [0.25, 0.3) is 5.91 Å². The van der Waals surface area contributed by atoms with Gasteiger partial charge in [0, 0.05) is 17.4 Å². The Morgan fingerprint density at radius 3 is 2.35 bits per heavy atom. The summed E-state index contributed by atoms with van der Waals surface area (Å²) in [6, 6.07) is 19.0. The van der Waals surface area contributed by atoms with Crippen molar-refractivity contribution in [1.82, 2.24) is 10.3 Å². The molecule has 0 aliphatic heterocycles. The lowest BCUT2D eigenvalue weighted by Crippen LogP contribution is -2.45. The molecule has 5 nitrogen and oxygen atoms in total. The molecule has 3 aromatic rings. The molecule has 1 aliphatic carbocycles. The predicted molar refractivity (Wildman–Crippen MR) is 119 cm³/mol. The van der Waals surface area contributed by atoms with Crippen LogP contribution >= 0.6 is 0 Å². The highest BCUT2D eigenvalue weighted by molar-refractivity contribution is 6.08. The molecule has 4 rings (SSSR count). The Kier molecular flexibility index (Phi) is 6.46. The summed E-state index contributed by atoms with van der Waals surface area (Å²) >= 11 is 0. The van der Waals surface area contributed by atoms with E-state index in [0.29, 0.717) is 11.4 Å². The largest absolute Gasteiger partial charge is 0.352 e. The van der Waals surface area contributed by atoms with Gasteiger partial charge in [-0.1, -0.05) is 49.6 Å². The van der Waals surface area contributed by atoms with Gasteiger partial charge in [0.1, 0.15) is 18.1 Å². The third-order valence-corrected chi connectivity index (χ3v) is 5.66. The van der Waals surface area contributed by atoms with Crippen LogP contribution in [-0.2, 0) is 4.79 Å². The summed E-state index contributed by atoms with van der Waals surface area (Å²) in [6.45, 7) is -0.124. The normalized spacial score (nSPS) is 14.2. The van der Waals surface area contributed by atoms with Crippen LogP contribution in [0.15, 0.2) is 66.7 Å². The minimum atomic E-state index is -0.394. The number of halogens is 1. The van der Waals surface area contributed by atoms with Gasteiger partial charge >= 0.3 is 0 Å². The number of aromatic amines is 1. The molecule has 1 aliphatic rings. The highest BCUT2D eigenvalue weighted by atomic mass is 19.1. The molecule has 0 atom stereocenters. The third kappa shape index (κ3) is 5.20. The summed E-state index contributed by atoms with van der Waals surface area (Å²) in [5.74, 6) is -0.943. The Morgan fingerprint density at radius 1 is 0.935 bits per heavy atom. The van der Waals surface area contributed by atoms with E-state index in [0.717, 1.165) is 36.9 Å². The molecule has 2 N–H and O–H groups in total. The first-order chi connectivity index (χ1) is 15.1. The minimum Gasteiger partial charge on any atom is -0.352 e. The lowest BCUT2D eigenvalue weighted by Gasteiger charge is -2.26. The van der Waals surface area contributed by atoms with Crippen LogP contribution in [0.5, 0.6) is 0 Å². The minimum absolute atomic E-state index is 0.124. The molecule has 31 heavy (non-hydrogen) atoms. The average molecular weight is 420 g/mol. The number of anilines is 1. The molecule has 2 aromatic carbocycles. The standard InChI is InChI=1S/C25H26FN3O2/c26-19-11-13-21(14-12-19)29(17-24(30)27-20-9-5-2-6-10-20)25(31)23-16-15-22(28-23)18-7-3-1-4-8-18/h1,3-4,7-8,11-16,20,28H,2,5-6,9-10,17H2,(H,27,30). The lowest BCUT2D eigenvalue weighted by atomic mass is 9.95. The zero-order valence-corrected chi connectivity index (χ0v) is 17.3. The van der Waals surface area contributed by atoms with Gasteiger partial charge in [0.05, 0.1) is 0 Å². The number of carbonyl (C=O) groups excluding carboxylic acids is 2. The molecule has 0 bridgehead atoms. The van der Waals surface area contributed by atoms with Gasteiger partial charge in [0.2, 0.25) is 5.91 Å². The van der Waals surface area contributed by atoms with E-state index in [4.69, 9.17) is 0 Å². The van der Waals surface area contributed by atoms with Crippen molar-refractivity contribution >= 4 is 17.5 Å². The number of H-pyrrole nitrogens is 1. The van der Waals surface area contributed by atoms with Gasteiger partial charge in [-0.25, -0.2) is 4.39 Å². The van der Waals surface area contributed by atoms with E-state index in [1.54, 1.807) is 6.07 Å².